The van der Waals surface area contributed by atoms with Gasteiger partial charge in [0.05, 0.1) is 24.8 Å². The number of rotatable bonds is 18. The summed E-state index contributed by atoms with van der Waals surface area (Å²) in [6.45, 7) is 13.1. The maximum atomic E-state index is 13.9. The van der Waals surface area contributed by atoms with Crippen LogP contribution < -0.4 is 14.8 Å². The van der Waals surface area contributed by atoms with Crippen LogP contribution in [0, 0.1) is 23.2 Å². The first-order valence-electron chi connectivity index (χ1n) is 20.1. The highest BCUT2D eigenvalue weighted by molar-refractivity contribution is 6.03. The Hall–Kier alpha value is -4.39. The zero-order valence-corrected chi connectivity index (χ0v) is 33.7. The molecule has 6 atom stereocenters. The predicted molar refractivity (Wildman–Crippen MR) is 214 cm³/mol. The number of oxime groups is 1. The quantitative estimate of drug-likeness (QED) is 0.0786. The number of fused-ring (bicyclic) bond motifs is 2. The van der Waals surface area contributed by atoms with Crippen molar-refractivity contribution in [1.82, 2.24) is 10.2 Å². The van der Waals surface area contributed by atoms with Crippen LogP contribution in [0.5, 0.6) is 11.5 Å². The first-order valence-corrected chi connectivity index (χ1v) is 20.1. The molecule has 0 radical (unpaired) electrons. The van der Waals surface area contributed by atoms with Gasteiger partial charge in [-0.2, -0.15) is 0 Å². The van der Waals surface area contributed by atoms with Gasteiger partial charge >= 0.3 is 12.2 Å². The summed E-state index contributed by atoms with van der Waals surface area (Å²) in [6.07, 6.45) is 7.63. The molecule has 2 aromatic rings. The van der Waals surface area contributed by atoms with E-state index in [0.717, 1.165) is 42.4 Å². The number of ether oxygens (including phenoxy) is 4. The summed E-state index contributed by atoms with van der Waals surface area (Å²) in [7, 11) is 1.71. The van der Waals surface area contributed by atoms with Crippen LogP contribution >= 0.6 is 0 Å². The van der Waals surface area contributed by atoms with Crippen molar-refractivity contribution in [2.75, 3.05) is 40.1 Å². The monoisotopic (exact) mass is 775 g/mol. The minimum Gasteiger partial charge on any atom is -0.459 e. The van der Waals surface area contributed by atoms with Gasteiger partial charge in [0, 0.05) is 44.7 Å². The molecule has 0 bridgehead atoms. The van der Waals surface area contributed by atoms with Crippen molar-refractivity contribution in [2.24, 2.45) is 28.3 Å². The Bertz CT molecular complexity index is 1690. The van der Waals surface area contributed by atoms with Crippen LogP contribution in [0.4, 0.5) is 9.59 Å². The van der Waals surface area contributed by atoms with Crippen LogP contribution in [0.2, 0.25) is 0 Å². The summed E-state index contributed by atoms with van der Waals surface area (Å²) < 4.78 is 25.8. The lowest BCUT2D eigenvalue weighted by molar-refractivity contribution is -0.253. The normalized spacial score (nSPS) is 24.5. The smallest absolute Gasteiger partial charge is 0.412 e. The average Bonchev–Trinajstić information content (AvgIpc) is 3.18. The van der Waals surface area contributed by atoms with Crippen molar-refractivity contribution in [3.8, 4) is 11.5 Å². The van der Waals surface area contributed by atoms with E-state index in [2.05, 4.69) is 23.1 Å². The van der Waals surface area contributed by atoms with Crippen LogP contribution in [-0.2, 0) is 20.9 Å². The highest BCUT2D eigenvalue weighted by Gasteiger charge is 2.65. The fraction of sp³-hybridized carbons (Fsp3) is 0.568. The van der Waals surface area contributed by atoms with Gasteiger partial charge in [-0.1, -0.05) is 81.3 Å². The largest absolute Gasteiger partial charge is 0.459 e. The number of unbranched alkanes of at least 4 members (excludes halogenated alkanes) is 2. The summed E-state index contributed by atoms with van der Waals surface area (Å²) in [5.41, 5.74) is 3.16. The summed E-state index contributed by atoms with van der Waals surface area (Å²) in [5.74, 6) is -1.14. The molecule has 306 valence electrons. The molecule has 0 aromatic heterocycles. The van der Waals surface area contributed by atoms with Gasteiger partial charge in [-0.15, -0.1) is 6.58 Å². The first kappa shape index (κ1) is 42.7. The minimum atomic E-state index is -1.40. The molecule has 0 saturated heterocycles. The van der Waals surface area contributed by atoms with E-state index in [4.69, 9.17) is 23.8 Å². The highest BCUT2D eigenvalue weighted by Crippen LogP contribution is 2.61. The van der Waals surface area contributed by atoms with Crippen LogP contribution in [-0.4, -0.2) is 84.9 Å². The number of benzene rings is 2. The molecule has 3 N–H and O–H groups in total. The number of aliphatic hydroxyl groups is 2. The van der Waals surface area contributed by atoms with Gasteiger partial charge in [0.2, 0.25) is 5.79 Å². The molecule has 2 aliphatic carbocycles. The Balaban J connectivity index is 1.66. The molecule has 56 heavy (non-hydrogen) atoms. The number of nitrogens with zero attached hydrogens (tertiary/aromatic N) is 2. The number of hydrogen-bond donors (Lipinski definition) is 3. The van der Waals surface area contributed by atoms with Gasteiger partial charge in [-0.3, -0.25) is 0 Å². The van der Waals surface area contributed by atoms with Crippen molar-refractivity contribution < 1.29 is 43.6 Å². The van der Waals surface area contributed by atoms with E-state index in [-0.39, 0.29) is 56.0 Å². The molecule has 6 unspecified atom stereocenters. The van der Waals surface area contributed by atoms with Gasteiger partial charge in [-0.05, 0) is 79.2 Å². The Labute approximate surface area is 331 Å². The van der Waals surface area contributed by atoms with E-state index < -0.39 is 29.9 Å². The van der Waals surface area contributed by atoms with E-state index in [9.17, 15) is 19.8 Å². The molecular weight excluding hydrogens is 714 g/mol. The molecule has 1 aliphatic heterocycles. The fourth-order valence-corrected chi connectivity index (χ4v) is 8.35. The molecule has 2 aromatic carbocycles. The van der Waals surface area contributed by atoms with Gasteiger partial charge in [-0.25, -0.2) is 9.59 Å². The predicted octanol–water partition coefficient (Wildman–Crippen LogP) is 7.74. The first-order chi connectivity index (χ1) is 27.0. The average molecular weight is 776 g/mol. The molecular formula is C44H61N3O9. The van der Waals surface area contributed by atoms with Crippen molar-refractivity contribution in [1.29, 1.82) is 0 Å². The zero-order valence-electron chi connectivity index (χ0n) is 33.7. The lowest BCUT2D eigenvalue weighted by Gasteiger charge is -2.59. The Morgan fingerprint density at radius 2 is 1.80 bits per heavy atom. The molecule has 2 amide bonds. The molecule has 1 saturated carbocycles. The standard InChI is InChI=1S/C44H61N3O9/c1-7-24-53-44-38(47(6)42(51)52-29-43(3,4)5)27-36(46-54-8-2)34-25-31(18-12-14-22-48)33(19-13-15-23-49)39(40(34)44)35-26-32(20-21-37(35)56-44)55-41(50)45-28-30-16-10-9-11-17-30/h7,9-11,16-17,20-21,25-26,31,33,38-40,48-49H,1,8,12-15,18-19,22-24,27-29H2,2-6H3,(H,45,50). The van der Waals surface area contributed by atoms with E-state index in [1.54, 1.807) is 24.1 Å². The van der Waals surface area contributed by atoms with Gasteiger partial charge in [0.1, 0.15) is 24.1 Å². The lowest BCUT2D eigenvalue weighted by Crippen LogP contribution is -2.69. The second kappa shape index (κ2) is 19.7. The number of hydrogen-bond acceptors (Lipinski definition) is 10. The van der Waals surface area contributed by atoms with Gasteiger partial charge in [0.25, 0.3) is 0 Å². The minimum absolute atomic E-state index is 0.0238. The van der Waals surface area contributed by atoms with E-state index in [0.29, 0.717) is 43.2 Å². The van der Waals surface area contributed by atoms with E-state index in [1.165, 1.54) is 0 Å². The number of carbonyl (C=O) groups excluding carboxylic acids is 2. The Morgan fingerprint density at radius 1 is 1.07 bits per heavy atom. The van der Waals surface area contributed by atoms with E-state index >= 15 is 0 Å². The Kier molecular flexibility index (Phi) is 15.0. The number of carbonyl (C=O) groups is 2. The third kappa shape index (κ3) is 10.1. The lowest BCUT2D eigenvalue weighted by atomic mass is 9.55. The number of likely N-dealkylation sites (N-methyl/N-ethyl adjacent to an activating group) is 1. The number of aliphatic hydroxyl groups excluding tert-OH is 2. The molecule has 12 heteroatoms. The number of nitrogens with one attached hydrogen (secondary N) is 1. The topological polar surface area (TPSA) is 148 Å². The maximum Gasteiger partial charge on any atom is 0.412 e. The maximum absolute atomic E-state index is 13.9. The molecule has 12 nitrogen and oxygen atoms in total. The fourth-order valence-electron chi connectivity index (χ4n) is 8.35. The van der Waals surface area contributed by atoms with Crippen LogP contribution in [0.15, 0.2) is 78.0 Å². The van der Waals surface area contributed by atoms with Crippen LogP contribution in [0.3, 0.4) is 0 Å². The van der Waals surface area contributed by atoms with Crippen LogP contribution in [0.25, 0.3) is 0 Å². The summed E-state index contributed by atoms with van der Waals surface area (Å²) >= 11 is 0. The number of allylic oxidation sites excluding steroid dienone is 1. The third-order valence-electron chi connectivity index (χ3n) is 10.8. The van der Waals surface area contributed by atoms with Gasteiger partial charge < -0.3 is 44.2 Å². The molecule has 3 aliphatic rings. The molecule has 1 fully saturated rings. The number of amides is 2. The highest BCUT2D eigenvalue weighted by atomic mass is 16.7. The van der Waals surface area contributed by atoms with Crippen LogP contribution in [0.1, 0.15) is 89.7 Å². The SMILES string of the molecule is C=CCOC12Oc3ccc(OC(=O)NCc4ccccc4)cc3C3C(CCCCO)C(CCCCO)C=C(C(=NOCC)CC1N(C)C(=O)OCC(C)(C)C)C32. The second-order valence-electron chi connectivity index (χ2n) is 16.1. The van der Waals surface area contributed by atoms with Gasteiger partial charge in [0.15, 0.2) is 0 Å². The van der Waals surface area contributed by atoms with E-state index in [1.807, 2.05) is 70.2 Å². The summed E-state index contributed by atoms with van der Waals surface area (Å²) in [4.78, 5) is 34.3. The molecule has 5 rings (SSSR count). The summed E-state index contributed by atoms with van der Waals surface area (Å²) in [6, 6.07) is 14.3. The summed E-state index contributed by atoms with van der Waals surface area (Å²) in [5, 5.41) is 27.1. The molecule has 1 heterocycles. The van der Waals surface area contributed by atoms with Crippen molar-refractivity contribution in [3.05, 3.63) is 84.0 Å². The zero-order chi connectivity index (χ0) is 40.3. The van der Waals surface area contributed by atoms with Crippen molar-refractivity contribution in [2.45, 2.75) is 96.9 Å². The van der Waals surface area contributed by atoms with Crippen molar-refractivity contribution in [3.63, 3.8) is 0 Å². The van der Waals surface area contributed by atoms with Crippen molar-refractivity contribution >= 4 is 17.9 Å². The third-order valence-corrected chi connectivity index (χ3v) is 10.8. The Morgan fingerprint density at radius 3 is 2.48 bits per heavy atom. The molecule has 0 spiro atoms. The second-order valence-corrected chi connectivity index (χ2v) is 16.1.